The summed E-state index contributed by atoms with van der Waals surface area (Å²) in [7, 11) is 0. The van der Waals surface area contributed by atoms with Crippen molar-refractivity contribution in [1.29, 1.82) is 0 Å². The molecule has 4 aromatic rings. The molecule has 0 saturated carbocycles. The Bertz CT molecular complexity index is 1400. The molecule has 0 bridgehead atoms. The third-order valence-corrected chi connectivity index (χ3v) is 5.40. The lowest BCUT2D eigenvalue weighted by Crippen LogP contribution is -2.24. The Morgan fingerprint density at radius 2 is 2.00 bits per heavy atom. The maximum atomic E-state index is 13.2. The highest BCUT2D eigenvalue weighted by Crippen LogP contribution is 2.27. The van der Waals surface area contributed by atoms with Gasteiger partial charge in [0.25, 0.3) is 11.8 Å². The van der Waals surface area contributed by atoms with Gasteiger partial charge >= 0.3 is 0 Å². The van der Waals surface area contributed by atoms with Crippen molar-refractivity contribution in [2.24, 2.45) is 5.10 Å². The van der Waals surface area contributed by atoms with Gasteiger partial charge < -0.3 is 10.3 Å². The van der Waals surface area contributed by atoms with Crippen molar-refractivity contribution in [1.82, 2.24) is 30.2 Å². The number of aryl methyl sites for hydroxylation is 1. The molecule has 3 heterocycles. The van der Waals surface area contributed by atoms with E-state index in [1.807, 2.05) is 0 Å². The number of carbonyl (C=O) groups is 2. The molecule has 2 amide bonds. The summed E-state index contributed by atoms with van der Waals surface area (Å²) in [5.74, 6) is -0.370. The fraction of sp³-hybridized carbons (Fsp3) is 0.0476. The molecule has 0 aliphatic heterocycles. The van der Waals surface area contributed by atoms with E-state index < -0.39 is 11.8 Å². The van der Waals surface area contributed by atoms with E-state index in [9.17, 15) is 9.59 Å². The van der Waals surface area contributed by atoms with E-state index in [4.69, 9.17) is 23.2 Å². The number of hydrogen-bond acceptors (Lipinski definition) is 6. The molecule has 172 valence electrons. The first-order valence-electron chi connectivity index (χ1n) is 9.64. The molecule has 0 atom stereocenters. The Morgan fingerprint density at radius 1 is 1.18 bits per heavy atom. The average molecular weight is 562 g/mol. The standard InChI is InChI=1S/C21H15BrCl2N8O2/c1-11-7-12(23)8-14(18(11)21(34)30-28-10-17-25-5-6-26-17)29-20(33)15-9-16(22)31-32(15)19-13(24)3-2-4-27-19/h2-10H,1H3,(H,25,26)(H,29,33)(H,30,34)/b28-10-. The second kappa shape index (κ2) is 10.2. The van der Waals surface area contributed by atoms with E-state index in [0.29, 0.717) is 26.0 Å². The van der Waals surface area contributed by atoms with Crippen LogP contribution >= 0.6 is 39.1 Å². The van der Waals surface area contributed by atoms with E-state index in [1.165, 1.54) is 29.2 Å². The van der Waals surface area contributed by atoms with Crippen LogP contribution in [0.3, 0.4) is 0 Å². The molecule has 0 unspecified atom stereocenters. The van der Waals surface area contributed by atoms with Gasteiger partial charge in [0.05, 0.1) is 22.5 Å². The van der Waals surface area contributed by atoms with Crippen LogP contribution in [0.1, 0.15) is 32.2 Å². The number of hydrogen-bond donors (Lipinski definition) is 3. The second-order valence-corrected chi connectivity index (χ2v) is 8.50. The number of nitrogens with one attached hydrogen (secondary N) is 3. The number of anilines is 1. The van der Waals surface area contributed by atoms with Gasteiger partial charge in [0.15, 0.2) is 5.82 Å². The topological polar surface area (TPSA) is 130 Å². The number of rotatable bonds is 6. The molecular formula is C21H15BrCl2N8O2. The zero-order valence-corrected chi connectivity index (χ0v) is 20.5. The molecule has 0 spiro atoms. The number of aromatic amines is 1. The fourth-order valence-corrected chi connectivity index (χ4v) is 3.94. The minimum absolute atomic E-state index is 0.132. The van der Waals surface area contributed by atoms with E-state index in [0.717, 1.165) is 0 Å². The third-order valence-electron chi connectivity index (χ3n) is 4.50. The Hall–Kier alpha value is -3.54. The summed E-state index contributed by atoms with van der Waals surface area (Å²) in [6.45, 7) is 1.70. The predicted octanol–water partition coefficient (Wildman–Crippen LogP) is 4.38. The first-order valence-corrected chi connectivity index (χ1v) is 11.2. The summed E-state index contributed by atoms with van der Waals surface area (Å²) in [5, 5.41) is 11.5. The molecule has 0 fully saturated rings. The molecule has 3 N–H and O–H groups in total. The van der Waals surface area contributed by atoms with E-state index in [-0.39, 0.29) is 22.8 Å². The molecule has 0 radical (unpaired) electrons. The number of amides is 2. The second-order valence-electron chi connectivity index (χ2n) is 6.85. The SMILES string of the molecule is Cc1cc(Cl)cc(NC(=O)c2cc(Br)nn2-c2ncccc2Cl)c1C(=O)N/N=C\c1ncc[nH]1. The highest BCUT2D eigenvalue weighted by Gasteiger charge is 2.22. The number of nitrogens with zero attached hydrogens (tertiary/aromatic N) is 5. The van der Waals surface area contributed by atoms with Crippen LogP contribution in [0.4, 0.5) is 5.69 Å². The molecule has 0 saturated heterocycles. The highest BCUT2D eigenvalue weighted by molar-refractivity contribution is 9.10. The minimum atomic E-state index is -0.560. The van der Waals surface area contributed by atoms with Crippen molar-refractivity contribution < 1.29 is 9.59 Å². The van der Waals surface area contributed by atoms with Crippen LogP contribution in [0.25, 0.3) is 5.82 Å². The number of aromatic nitrogens is 5. The Morgan fingerprint density at radius 3 is 2.74 bits per heavy atom. The van der Waals surface area contributed by atoms with Crippen molar-refractivity contribution in [2.75, 3.05) is 5.32 Å². The van der Waals surface area contributed by atoms with Crippen molar-refractivity contribution >= 4 is 62.8 Å². The van der Waals surface area contributed by atoms with Gasteiger partial charge in [0.2, 0.25) is 0 Å². The van der Waals surface area contributed by atoms with Crippen molar-refractivity contribution in [3.8, 4) is 5.82 Å². The molecule has 0 aliphatic carbocycles. The summed E-state index contributed by atoms with van der Waals surface area (Å²) in [4.78, 5) is 37.1. The number of pyridine rings is 1. The molecule has 34 heavy (non-hydrogen) atoms. The monoisotopic (exact) mass is 560 g/mol. The summed E-state index contributed by atoms with van der Waals surface area (Å²) >= 11 is 15.7. The molecule has 1 aromatic carbocycles. The van der Waals surface area contributed by atoms with E-state index in [2.05, 4.69) is 51.8 Å². The van der Waals surface area contributed by atoms with Gasteiger partial charge in [-0.1, -0.05) is 23.2 Å². The number of H-pyrrole nitrogens is 1. The van der Waals surface area contributed by atoms with Crippen LogP contribution in [0.15, 0.2) is 58.6 Å². The number of benzene rings is 1. The Balaban J connectivity index is 1.64. The van der Waals surface area contributed by atoms with Gasteiger partial charge in [-0.2, -0.15) is 10.2 Å². The molecular weight excluding hydrogens is 547 g/mol. The van der Waals surface area contributed by atoms with Crippen LogP contribution in [0.2, 0.25) is 10.0 Å². The molecule has 4 rings (SSSR count). The van der Waals surface area contributed by atoms with Crippen LogP contribution < -0.4 is 10.7 Å². The summed E-state index contributed by atoms with van der Waals surface area (Å²) in [6, 6.07) is 7.88. The van der Waals surface area contributed by atoms with Crippen LogP contribution in [-0.2, 0) is 0 Å². The lowest BCUT2D eigenvalue weighted by atomic mass is 10.1. The average Bonchev–Trinajstić information content (AvgIpc) is 3.43. The quantitative estimate of drug-likeness (QED) is 0.237. The van der Waals surface area contributed by atoms with Crippen molar-refractivity contribution in [3.05, 3.63) is 86.2 Å². The van der Waals surface area contributed by atoms with Gasteiger partial charge in [0.1, 0.15) is 16.1 Å². The van der Waals surface area contributed by atoms with Gasteiger partial charge in [-0.05, 0) is 52.7 Å². The van der Waals surface area contributed by atoms with Crippen molar-refractivity contribution in [3.63, 3.8) is 0 Å². The molecule has 0 aliphatic rings. The van der Waals surface area contributed by atoms with Crippen LogP contribution in [-0.4, -0.2) is 42.8 Å². The minimum Gasteiger partial charge on any atom is -0.344 e. The molecule has 10 nitrogen and oxygen atoms in total. The zero-order chi connectivity index (χ0) is 24.2. The lowest BCUT2D eigenvalue weighted by molar-refractivity contribution is 0.0955. The Kier molecular flexibility index (Phi) is 7.06. The summed E-state index contributed by atoms with van der Waals surface area (Å²) < 4.78 is 1.69. The summed E-state index contributed by atoms with van der Waals surface area (Å²) in [6.07, 6.45) is 6.07. The number of carbonyl (C=O) groups excluding carboxylic acids is 2. The van der Waals surface area contributed by atoms with Gasteiger partial charge in [-0.25, -0.2) is 20.1 Å². The number of hydrazone groups is 1. The number of imidazole rings is 1. The predicted molar refractivity (Wildman–Crippen MR) is 132 cm³/mol. The summed E-state index contributed by atoms with van der Waals surface area (Å²) in [5.41, 5.74) is 3.47. The van der Waals surface area contributed by atoms with Gasteiger partial charge in [0, 0.05) is 29.7 Å². The van der Waals surface area contributed by atoms with Crippen molar-refractivity contribution in [2.45, 2.75) is 6.92 Å². The first kappa shape index (κ1) is 23.6. The number of halogens is 3. The van der Waals surface area contributed by atoms with E-state index >= 15 is 0 Å². The maximum absolute atomic E-state index is 13.2. The largest absolute Gasteiger partial charge is 0.344 e. The normalized spacial score (nSPS) is 11.1. The smallest absolute Gasteiger partial charge is 0.274 e. The molecule has 3 aromatic heterocycles. The highest BCUT2D eigenvalue weighted by atomic mass is 79.9. The fourth-order valence-electron chi connectivity index (χ4n) is 3.09. The van der Waals surface area contributed by atoms with Gasteiger partial charge in [-0.15, -0.1) is 0 Å². The molecule has 13 heteroatoms. The van der Waals surface area contributed by atoms with Gasteiger partial charge in [-0.3, -0.25) is 9.59 Å². The first-order chi connectivity index (χ1) is 16.3. The van der Waals surface area contributed by atoms with E-state index in [1.54, 1.807) is 37.5 Å². The van der Waals surface area contributed by atoms with Crippen LogP contribution in [0, 0.1) is 6.92 Å². The van der Waals surface area contributed by atoms with Crippen LogP contribution in [0.5, 0.6) is 0 Å². The zero-order valence-electron chi connectivity index (χ0n) is 17.4. The lowest BCUT2D eigenvalue weighted by Gasteiger charge is -2.14. The maximum Gasteiger partial charge on any atom is 0.274 e. The third kappa shape index (κ3) is 5.16. The Labute approximate surface area is 211 Å².